The Balaban J connectivity index is 3.75. The minimum absolute atomic E-state index is 0.256. The molecule has 5 heteroatoms. The maximum atomic E-state index is 10.8. The maximum Gasteiger partial charge on any atom is 0.328 e. The van der Waals surface area contributed by atoms with Gasteiger partial charge < -0.3 is 10.4 Å². The average Bonchev–Trinajstić information content (AvgIpc) is 2.10. The van der Waals surface area contributed by atoms with Crippen LogP contribution < -0.4 is 5.32 Å². The van der Waals surface area contributed by atoms with Gasteiger partial charge in [-0.3, -0.25) is 4.21 Å². The van der Waals surface area contributed by atoms with E-state index in [9.17, 15) is 9.00 Å². The lowest BCUT2D eigenvalue weighted by Crippen LogP contribution is -2.29. The monoisotopic (exact) mass is 233 g/mol. The molecule has 15 heavy (non-hydrogen) atoms. The summed E-state index contributed by atoms with van der Waals surface area (Å²) in [6.45, 7) is 4.33. The summed E-state index contributed by atoms with van der Waals surface area (Å²) in [5.74, 6) is -0.243. The van der Waals surface area contributed by atoms with E-state index in [4.69, 9.17) is 5.11 Å². The van der Waals surface area contributed by atoms with Crippen molar-refractivity contribution in [2.45, 2.75) is 26.3 Å². The standard InChI is InChI=1S/C10H19NO3S/c1-8(6-10(12)13)7-11-9(2)4-5-15(3)14/h6,9,11H,4-5,7H2,1-3H3,(H,12,13). The summed E-state index contributed by atoms with van der Waals surface area (Å²) in [4.78, 5) is 10.3. The number of carbonyl (C=O) groups is 1. The molecule has 0 aliphatic carbocycles. The Morgan fingerprint density at radius 1 is 1.60 bits per heavy atom. The predicted molar refractivity (Wildman–Crippen MR) is 62.4 cm³/mol. The molecule has 4 nitrogen and oxygen atoms in total. The second-order valence-electron chi connectivity index (χ2n) is 3.68. The molecule has 2 atom stereocenters. The third kappa shape index (κ3) is 9.62. The molecule has 0 fully saturated rings. The zero-order valence-corrected chi connectivity index (χ0v) is 10.3. The summed E-state index contributed by atoms with van der Waals surface area (Å²) in [7, 11) is -0.758. The van der Waals surface area contributed by atoms with Crippen molar-refractivity contribution >= 4 is 16.8 Å². The van der Waals surface area contributed by atoms with Gasteiger partial charge in [0.1, 0.15) is 0 Å². The fourth-order valence-electron chi connectivity index (χ4n) is 1.04. The molecule has 2 unspecified atom stereocenters. The van der Waals surface area contributed by atoms with Crippen molar-refractivity contribution in [3.63, 3.8) is 0 Å². The minimum Gasteiger partial charge on any atom is -0.478 e. The largest absolute Gasteiger partial charge is 0.478 e. The van der Waals surface area contributed by atoms with E-state index >= 15 is 0 Å². The summed E-state index contributed by atoms with van der Waals surface area (Å²) in [5, 5.41) is 11.7. The highest BCUT2D eigenvalue weighted by Crippen LogP contribution is 1.95. The third-order valence-corrected chi connectivity index (χ3v) is 2.75. The van der Waals surface area contributed by atoms with Crippen molar-refractivity contribution in [1.82, 2.24) is 5.32 Å². The molecule has 0 bridgehead atoms. The molecular formula is C10H19NO3S. The summed E-state index contributed by atoms with van der Waals surface area (Å²) >= 11 is 0. The van der Waals surface area contributed by atoms with Crippen LogP contribution in [-0.4, -0.2) is 39.9 Å². The first-order valence-corrected chi connectivity index (χ1v) is 6.58. The van der Waals surface area contributed by atoms with Crippen LogP contribution in [0.2, 0.25) is 0 Å². The summed E-state index contributed by atoms with van der Waals surface area (Å²) in [6, 6.07) is 0.256. The first-order valence-electron chi connectivity index (χ1n) is 4.85. The first kappa shape index (κ1) is 14.3. The van der Waals surface area contributed by atoms with Gasteiger partial charge >= 0.3 is 5.97 Å². The van der Waals surface area contributed by atoms with Crippen LogP contribution in [-0.2, 0) is 15.6 Å². The molecule has 0 heterocycles. The topological polar surface area (TPSA) is 66.4 Å². The Kier molecular flexibility index (Phi) is 7.25. The van der Waals surface area contributed by atoms with Crippen molar-refractivity contribution in [2.75, 3.05) is 18.6 Å². The van der Waals surface area contributed by atoms with E-state index in [1.807, 2.05) is 6.92 Å². The zero-order valence-electron chi connectivity index (χ0n) is 9.45. The number of rotatable bonds is 7. The molecule has 0 aliphatic rings. The molecule has 0 spiro atoms. The zero-order chi connectivity index (χ0) is 11.8. The molecule has 0 radical (unpaired) electrons. The van der Waals surface area contributed by atoms with Gasteiger partial charge in [0.2, 0.25) is 0 Å². The molecule has 0 aromatic heterocycles. The van der Waals surface area contributed by atoms with Gasteiger partial charge in [-0.2, -0.15) is 0 Å². The second kappa shape index (κ2) is 7.59. The third-order valence-electron chi connectivity index (χ3n) is 1.94. The quantitative estimate of drug-likeness (QED) is 0.637. The lowest BCUT2D eigenvalue weighted by molar-refractivity contribution is -0.131. The Bertz CT molecular complexity index is 263. The molecule has 0 amide bonds. The van der Waals surface area contributed by atoms with Crippen molar-refractivity contribution in [3.8, 4) is 0 Å². The van der Waals surface area contributed by atoms with E-state index in [2.05, 4.69) is 5.32 Å². The molecule has 0 aromatic rings. The van der Waals surface area contributed by atoms with Crippen molar-refractivity contribution in [2.24, 2.45) is 0 Å². The van der Waals surface area contributed by atoms with E-state index < -0.39 is 16.8 Å². The lowest BCUT2D eigenvalue weighted by atomic mass is 10.2. The fourth-order valence-corrected chi connectivity index (χ4v) is 1.73. The Morgan fingerprint density at radius 3 is 2.67 bits per heavy atom. The van der Waals surface area contributed by atoms with Crippen LogP contribution in [0.25, 0.3) is 0 Å². The first-order chi connectivity index (χ1) is 6.91. The van der Waals surface area contributed by atoms with Gasteiger partial charge in [-0.05, 0) is 20.3 Å². The highest BCUT2D eigenvalue weighted by molar-refractivity contribution is 7.84. The summed E-state index contributed by atoms with van der Waals surface area (Å²) < 4.78 is 10.8. The summed E-state index contributed by atoms with van der Waals surface area (Å²) in [6.07, 6.45) is 3.71. The van der Waals surface area contributed by atoms with Crippen LogP contribution in [0.4, 0.5) is 0 Å². The molecule has 0 aromatic carbocycles. The average molecular weight is 233 g/mol. The van der Waals surface area contributed by atoms with Gasteiger partial charge in [-0.1, -0.05) is 5.57 Å². The van der Waals surface area contributed by atoms with E-state index in [1.165, 1.54) is 6.08 Å². The number of aliphatic carboxylic acids is 1. The van der Waals surface area contributed by atoms with Crippen molar-refractivity contribution < 1.29 is 14.1 Å². The lowest BCUT2D eigenvalue weighted by Gasteiger charge is -2.12. The van der Waals surface area contributed by atoms with Crippen LogP contribution in [0, 0.1) is 0 Å². The van der Waals surface area contributed by atoms with Gasteiger partial charge in [0.15, 0.2) is 0 Å². The molecule has 0 saturated heterocycles. The SMILES string of the molecule is CC(=CC(=O)O)CNC(C)CCS(C)=O. The van der Waals surface area contributed by atoms with Crippen LogP contribution in [0.1, 0.15) is 20.3 Å². The smallest absolute Gasteiger partial charge is 0.328 e. The van der Waals surface area contributed by atoms with E-state index in [0.717, 1.165) is 12.0 Å². The van der Waals surface area contributed by atoms with Crippen LogP contribution >= 0.6 is 0 Å². The van der Waals surface area contributed by atoms with Crippen molar-refractivity contribution in [3.05, 3.63) is 11.6 Å². The van der Waals surface area contributed by atoms with Gasteiger partial charge in [0.05, 0.1) is 0 Å². The van der Waals surface area contributed by atoms with E-state index in [0.29, 0.717) is 12.3 Å². The molecule has 88 valence electrons. The number of hydrogen-bond donors (Lipinski definition) is 2. The molecule has 0 rings (SSSR count). The second-order valence-corrected chi connectivity index (χ2v) is 5.23. The van der Waals surface area contributed by atoms with Crippen molar-refractivity contribution in [1.29, 1.82) is 0 Å². The summed E-state index contributed by atoms with van der Waals surface area (Å²) in [5.41, 5.74) is 0.784. The van der Waals surface area contributed by atoms with Crippen LogP contribution in [0.3, 0.4) is 0 Å². The Labute approximate surface area is 93.2 Å². The molecular weight excluding hydrogens is 214 g/mol. The Morgan fingerprint density at radius 2 is 2.20 bits per heavy atom. The normalized spacial score (nSPS) is 16.1. The predicted octanol–water partition coefficient (Wildman–Crippen LogP) is 0.764. The number of carboxylic acid groups (broad SMARTS) is 1. The molecule has 0 aliphatic heterocycles. The molecule has 2 N–H and O–H groups in total. The van der Waals surface area contributed by atoms with Gasteiger partial charge in [0.25, 0.3) is 0 Å². The Hall–Kier alpha value is -0.680. The number of carboxylic acids is 1. The van der Waals surface area contributed by atoms with Gasteiger partial charge in [-0.15, -0.1) is 0 Å². The minimum atomic E-state index is -0.920. The van der Waals surface area contributed by atoms with E-state index in [-0.39, 0.29) is 6.04 Å². The van der Waals surface area contributed by atoms with Gasteiger partial charge in [0, 0.05) is 41.5 Å². The molecule has 0 saturated carbocycles. The number of hydrogen-bond acceptors (Lipinski definition) is 3. The fraction of sp³-hybridized carbons (Fsp3) is 0.700. The highest BCUT2D eigenvalue weighted by Gasteiger charge is 2.03. The maximum absolute atomic E-state index is 10.8. The van der Waals surface area contributed by atoms with Gasteiger partial charge in [-0.25, -0.2) is 4.79 Å². The van der Waals surface area contributed by atoms with Crippen LogP contribution in [0.15, 0.2) is 11.6 Å². The van der Waals surface area contributed by atoms with Crippen LogP contribution in [0.5, 0.6) is 0 Å². The van der Waals surface area contributed by atoms with E-state index in [1.54, 1.807) is 13.2 Å². The number of nitrogens with one attached hydrogen (secondary N) is 1. The highest BCUT2D eigenvalue weighted by atomic mass is 32.2.